The number of amides is 2. The number of benzene rings is 2. The zero-order valence-corrected chi connectivity index (χ0v) is 20.7. The standard InChI is InChI=1S/C27H24N4O3S/c1-16-9-11-20(12-10-16)15-29-26(33)24(35-27(29)34)14-21-13-17(2)30(18(21)3)31-19(4)28-23-8-6-5-7-22(23)25(31)32/h5-14H,15H2,1-4H3. The number of aromatic nitrogens is 3. The van der Waals surface area contributed by atoms with Crippen LogP contribution in [0.25, 0.3) is 17.0 Å². The summed E-state index contributed by atoms with van der Waals surface area (Å²) in [6, 6.07) is 16.9. The fraction of sp³-hybridized carbons (Fsp3) is 0.185. The number of thioether (sulfide) groups is 1. The van der Waals surface area contributed by atoms with Gasteiger partial charge in [0.05, 0.1) is 22.4 Å². The molecule has 2 amide bonds. The maximum absolute atomic E-state index is 13.3. The van der Waals surface area contributed by atoms with E-state index in [1.807, 2.05) is 69.3 Å². The van der Waals surface area contributed by atoms with Crippen LogP contribution in [0, 0.1) is 27.7 Å². The number of imide groups is 1. The highest BCUT2D eigenvalue weighted by atomic mass is 32.2. The fourth-order valence-electron chi connectivity index (χ4n) is 4.36. The number of rotatable bonds is 4. The van der Waals surface area contributed by atoms with E-state index < -0.39 is 0 Å². The van der Waals surface area contributed by atoms with Crippen LogP contribution in [-0.2, 0) is 11.3 Å². The topological polar surface area (TPSA) is 77.2 Å². The Morgan fingerprint density at radius 1 is 0.914 bits per heavy atom. The van der Waals surface area contributed by atoms with Crippen molar-refractivity contribution in [1.82, 2.24) is 19.2 Å². The summed E-state index contributed by atoms with van der Waals surface area (Å²) in [6.07, 6.45) is 1.73. The summed E-state index contributed by atoms with van der Waals surface area (Å²) in [7, 11) is 0. The number of nitrogens with zero attached hydrogens (tertiary/aromatic N) is 4. The van der Waals surface area contributed by atoms with Gasteiger partial charge in [-0.25, -0.2) is 4.98 Å². The predicted molar refractivity (Wildman–Crippen MR) is 138 cm³/mol. The van der Waals surface area contributed by atoms with E-state index in [0.717, 1.165) is 39.8 Å². The second-order valence-corrected chi connectivity index (χ2v) is 9.68. The summed E-state index contributed by atoms with van der Waals surface area (Å²) in [5, 5.41) is 0.241. The highest BCUT2D eigenvalue weighted by Gasteiger charge is 2.35. The van der Waals surface area contributed by atoms with Crippen LogP contribution in [0.3, 0.4) is 0 Å². The van der Waals surface area contributed by atoms with Crippen molar-refractivity contribution >= 4 is 39.9 Å². The number of para-hydroxylation sites is 1. The summed E-state index contributed by atoms with van der Waals surface area (Å²) in [5.74, 6) is 0.242. The molecule has 1 fully saturated rings. The predicted octanol–water partition coefficient (Wildman–Crippen LogP) is 4.98. The molecule has 0 aliphatic carbocycles. The number of carbonyl (C=O) groups is 2. The van der Waals surface area contributed by atoms with E-state index in [-0.39, 0.29) is 23.3 Å². The third kappa shape index (κ3) is 4.00. The minimum absolute atomic E-state index is 0.167. The van der Waals surface area contributed by atoms with E-state index in [9.17, 15) is 14.4 Å². The maximum atomic E-state index is 13.3. The van der Waals surface area contributed by atoms with Crippen LogP contribution in [-0.4, -0.2) is 30.4 Å². The molecule has 0 N–H and O–H groups in total. The third-order valence-corrected chi connectivity index (χ3v) is 7.08. The summed E-state index contributed by atoms with van der Waals surface area (Å²) in [6.45, 7) is 7.80. The van der Waals surface area contributed by atoms with Crippen molar-refractivity contribution in [3.8, 4) is 0 Å². The van der Waals surface area contributed by atoms with Crippen molar-refractivity contribution in [2.24, 2.45) is 0 Å². The second kappa shape index (κ2) is 8.70. The summed E-state index contributed by atoms with van der Waals surface area (Å²) in [4.78, 5) is 45.2. The number of hydrogen-bond acceptors (Lipinski definition) is 5. The number of hydrogen-bond donors (Lipinski definition) is 0. The maximum Gasteiger partial charge on any atom is 0.293 e. The summed E-state index contributed by atoms with van der Waals surface area (Å²) in [5.41, 5.74) is 4.86. The quantitative estimate of drug-likeness (QED) is 0.382. The van der Waals surface area contributed by atoms with Gasteiger partial charge in [-0.3, -0.25) is 24.0 Å². The number of carbonyl (C=O) groups excluding carboxylic acids is 2. The highest BCUT2D eigenvalue weighted by Crippen LogP contribution is 2.34. The zero-order chi connectivity index (χ0) is 24.9. The van der Waals surface area contributed by atoms with Gasteiger partial charge in [0, 0.05) is 11.4 Å². The molecule has 3 heterocycles. The molecular weight excluding hydrogens is 460 g/mol. The van der Waals surface area contributed by atoms with Crippen molar-refractivity contribution in [1.29, 1.82) is 0 Å². The Morgan fingerprint density at radius 2 is 1.63 bits per heavy atom. The first-order valence-electron chi connectivity index (χ1n) is 11.2. The molecule has 176 valence electrons. The fourth-order valence-corrected chi connectivity index (χ4v) is 5.18. The largest absolute Gasteiger partial charge is 0.293 e. The number of aryl methyl sites for hydroxylation is 3. The molecule has 0 atom stereocenters. The molecule has 35 heavy (non-hydrogen) atoms. The monoisotopic (exact) mass is 484 g/mol. The highest BCUT2D eigenvalue weighted by molar-refractivity contribution is 8.18. The van der Waals surface area contributed by atoms with E-state index in [4.69, 9.17) is 0 Å². The van der Waals surface area contributed by atoms with E-state index in [1.54, 1.807) is 28.4 Å². The van der Waals surface area contributed by atoms with Gasteiger partial charge in [0.2, 0.25) is 0 Å². The van der Waals surface area contributed by atoms with E-state index in [1.165, 1.54) is 4.90 Å². The molecule has 0 radical (unpaired) electrons. The minimum Gasteiger partial charge on any atom is -0.268 e. The molecule has 0 spiro atoms. The molecular formula is C27H24N4O3S. The van der Waals surface area contributed by atoms with E-state index in [0.29, 0.717) is 21.6 Å². The van der Waals surface area contributed by atoms with E-state index >= 15 is 0 Å². The van der Waals surface area contributed by atoms with Gasteiger partial charge < -0.3 is 0 Å². The van der Waals surface area contributed by atoms with Gasteiger partial charge in [0.25, 0.3) is 16.7 Å². The third-order valence-electron chi connectivity index (χ3n) is 6.17. The van der Waals surface area contributed by atoms with Gasteiger partial charge in [-0.05, 0) is 74.9 Å². The molecule has 0 unspecified atom stereocenters. The first-order valence-corrected chi connectivity index (χ1v) is 12.0. The molecule has 0 bridgehead atoms. The molecule has 4 aromatic rings. The molecule has 0 saturated carbocycles. The minimum atomic E-state index is -0.314. The molecule has 1 aliphatic rings. The van der Waals surface area contributed by atoms with Crippen molar-refractivity contribution in [3.05, 3.63) is 104 Å². The van der Waals surface area contributed by atoms with Crippen molar-refractivity contribution in [2.45, 2.75) is 34.2 Å². The smallest absolute Gasteiger partial charge is 0.268 e. The summed E-state index contributed by atoms with van der Waals surface area (Å²) < 4.78 is 3.35. The van der Waals surface area contributed by atoms with Gasteiger partial charge in [0.15, 0.2) is 0 Å². The average molecular weight is 485 g/mol. The first-order chi connectivity index (χ1) is 16.7. The van der Waals surface area contributed by atoms with Crippen LogP contribution in [0.4, 0.5) is 4.79 Å². The van der Waals surface area contributed by atoms with Crippen molar-refractivity contribution in [2.75, 3.05) is 0 Å². The Hall–Kier alpha value is -3.91. The molecule has 8 heteroatoms. The Labute approximate surface area is 206 Å². The van der Waals surface area contributed by atoms with Crippen LogP contribution in [0.5, 0.6) is 0 Å². The van der Waals surface area contributed by atoms with Crippen molar-refractivity contribution in [3.63, 3.8) is 0 Å². The lowest BCUT2D eigenvalue weighted by molar-refractivity contribution is -0.123. The molecule has 7 nitrogen and oxygen atoms in total. The lowest BCUT2D eigenvalue weighted by Gasteiger charge is -2.16. The van der Waals surface area contributed by atoms with E-state index in [2.05, 4.69) is 4.98 Å². The Kier molecular flexibility index (Phi) is 5.68. The normalized spacial score (nSPS) is 15.1. The van der Waals surface area contributed by atoms with Crippen LogP contribution in [0.1, 0.15) is 33.9 Å². The molecule has 1 aliphatic heterocycles. The van der Waals surface area contributed by atoms with Crippen LogP contribution in [0.15, 0.2) is 64.3 Å². The van der Waals surface area contributed by atoms with Crippen LogP contribution >= 0.6 is 11.8 Å². The Balaban J connectivity index is 1.51. The molecule has 2 aromatic heterocycles. The molecule has 1 saturated heterocycles. The molecule has 5 rings (SSSR count). The van der Waals surface area contributed by atoms with Gasteiger partial charge >= 0.3 is 0 Å². The van der Waals surface area contributed by atoms with Gasteiger partial charge in [0.1, 0.15) is 5.82 Å². The van der Waals surface area contributed by atoms with Crippen molar-refractivity contribution < 1.29 is 9.59 Å². The lowest BCUT2D eigenvalue weighted by Crippen LogP contribution is -2.30. The van der Waals surface area contributed by atoms with Gasteiger partial charge in [-0.2, -0.15) is 4.68 Å². The van der Waals surface area contributed by atoms with Crippen LogP contribution in [0.2, 0.25) is 0 Å². The lowest BCUT2D eigenvalue weighted by atomic mass is 10.1. The van der Waals surface area contributed by atoms with Gasteiger partial charge in [-0.15, -0.1) is 0 Å². The summed E-state index contributed by atoms with van der Waals surface area (Å²) >= 11 is 0.935. The Bertz CT molecular complexity index is 1600. The molecule has 2 aromatic carbocycles. The zero-order valence-electron chi connectivity index (χ0n) is 19.9. The average Bonchev–Trinajstić information content (AvgIpc) is 3.25. The van der Waals surface area contributed by atoms with Gasteiger partial charge in [-0.1, -0.05) is 42.0 Å². The first kappa shape index (κ1) is 22.9. The number of fused-ring (bicyclic) bond motifs is 1. The SMILES string of the molecule is Cc1ccc(CN2C(=O)SC(=Cc3cc(C)n(-n4c(C)nc5ccccc5c4=O)c3C)C2=O)cc1. The second-order valence-electron chi connectivity index (χ2n) is 8.68. The van der Waals surface area contributed by atoms with Crippen LogP contribution < -0.4 is 5.56 Å². The Morgan fingerprint density at radius 3 is 2.37 bits per heavy atom.